The number of nitrogens with zero attached hydrogens (tertiary/aromatic N) is 5. The van der Waals surface area contributed by atoms with Crippen molar-refractivity contribution in [1.29, 1.82) is 0 Å². The number of anilines is 1. The van der Waals surface area contributed by atoms with E-state index in [-0.39, 0.29) is 29.5 Å². The van der Waals surface area contributed by atoms with Crippen LogP contribution in [0.15, 0.2) is 72.9 Å². The van der Waals surface area contributed by atoms with Crippen molar-refractivity contribution in [3.63, 3.8) is 0 Å². The molecular formula is C33H37N7O2. The Bertz CT molecular complexity index is 1740. The SMILES string of the molecule is Cc1ccc(-n2nc(C(C)(C)C)cc2NC(=O)N[C@H]2C[C@H](Oc3ccc4nnc(C(C)C)n4c3)c3ccccc32)cc1. The first-order valence-electron chi connectivity index (χ1n) is 14.4. The Morgan fingerprint density at radius 2 is 1.74 bits per heavy atom. The first-order chi connectivity index (χ1) is 20.1. The van der Waals surface area contributed by atoms with Crippen LogP contribution in [0.2, 0.25) is 0 Å². The van der Waals surface area contributed by atoms with E-state index in [1.165, 1.54) is 0 Å². The van der Waals surface area contributed by atoms with Crippen LogP contribution in [0.1, 0.15) is 87.3 Å². The van der Waals surface area contributed by atoms with Crippen LogP contribution in [0.5, 0.6) is 5.75 Å². The van der Waals surface area contributed by atoms with Crippen molar-refractivity contribution in [2.45, 2.75) is 71.4 Å². The number of carbonyl (C=O) groups excluding carboxylic acids is 1. The molecule has 3 heterocycles. The van der Waals surface area contributed by atoms with Gasteiger partial charge in [-0.05, 0) is 42.3 Å². The Morgan fingerprint density at radius 3 is 2.45 bits per heavy atom. The molecule has 0 spiro atoms. The zero-order valence-electron chi connectivity index (χ0n) is 24.9. The molecule has 9 heteroatoms. The van der Waals surface area contributed by atoms with Crippen molar-refractivity contribution in [3.05, 3.63) is 101 Å². The topological polar surface area (TPSA) is 98.4 Å². The number of aromatic nitrogens is 5. The lowest BCUT2D eigenvalue weighted by molar-refractivity contribution is 0.194. The third-order valence-corrected chi connectivity index (χ3v) is 7.67. The van der Waals surface area contributed by atoms with Crippen LogP contribution < -0.4 is 15.4 Å². The van der Waals surface area contributed by atoms with Gasteiger partial charge in [0.15, 0.2) is 5.65 Å². The molecule has 9 nitrogen and oxygen atoms in total. The van der Waals surface area contributed by atoms with Gasteiger partial charge in [-0.3, -0.25) is 9.72 Å². The van der Waals surface area contributed by atoms with Crippen molar-refractivity contribution >= 4 is 17.5 Å². The number of carbonyl (C=O) groups is 1. The quantitative estimate of drug-likeness (QED) is 0.231. The van der Waals surface area contributed by atoms with Gasteiger partial charge in [0.25, 0.3) is 0 Å². The number of benzene rings is 2. The first kappa shape index (κ1) is 27.5. The fourth-order valence-electron chi connectivity index (χ4n) is 5.38. The molecule has 1 aliphatic carbocycles. The first-order valence-corrected chi connectivity index (χ1v) is 14.4. The van der Waals surface area contributed by atoms with Gasteiger partial charge in [0.1, 0.15) is 23.5 Å². The minimum absolute atomic E-state index is 0.177. The maximum absolute atomic E-state index is 13.4. The van der Waals surface area contributed by atoms with E-state index >= 15 is 0 Å². The number of hydrogen-bond acceptors (Lipinski definition) is 5. The van der Waals surface area contributed by atoms with Gasteiger partial charge in [0.05, 0.1) is 23.6 Å². The molecule has 0 fully saturated rings. The number of nitrogens with one attached hydrogen (secondary N) is 2. The van der Waals surface area contributed by atoms with Crippen LogP contribution in [0.3, 0.4) is 0 Å². The molecule has 5 aromatic rings. The lowest BCUT2D eigenvalue weighted by Crippen LogP contribution is -2.32. The van der Waals surface area contributed by atoms with Crippen LogP contribution in [0, 0.1) is 6.92 Å². The highest BCUT2D eigenvalue weighted by Crippen LogP contribution is 2.41. The molecule has 2 amide bonds. The lowest BCUT2D eigenvalue weighted by Gasteiger charge is -2.17. The lowest BCUT2D eigenvalue weighted by atomic mass is 9.92. The van der Waals surface area contributed by atoms with E-state index in [0.717, 1.165) is 45.3 Å². The molecule has 2 atom stereocenters. The fourth-order valence-corrected chi connectivity index (χ4v) is 5.38. The number of amides is 2. The highest BCUT2D eigenvalue weighted by atomic mass is 16.5. The molecule has 0 unspecified atom stereocenters. The Labute approximate surface area is 245 Å². The normalized spacial score (nSPS) is 16.5. The number of aryl methyl sites for hydroxylation is 1. The zero-order valence-corrected chi connectivity index (χ0v) is 24.9. The highest BCUT2D eigenvalue weighted by molar-refractivity contribution is 5.89. The standard InChI is InChI=1S/C33H37N7O2/c1-20(2)31-37-36-29-16-15-23(19-39(29)31)42-27-17-26(24-9-7-8-10-25(24)27)34-32(41)35-30-18-28(33(4,5)6)38-40(30)22-13-11-21(3)12-14-22/h7-16,18-20,26-27H,17H2,1-6H3,(H2,34,35,41)/t26-,27-/m0/s1. The summed E-state index contributed by atoms with van der Waals surface area (Å²) in [5, 5.41) is 19.7. The van der Waals surface area contributed by atoms with Crippen molar-refractivity contribution in [1.82, 2.24) is 29.7 Å². The molecule has 2 aromatic carbocycles. The minimum Gasteiger partial charge on any atom is -0.484 e. The summed E-state index contributed by atoms with van der Waals surface area (Å²) in [6, 6.07) is 21.5. The van der Waals surface area contributed by atoms with Gasteiger partial charge in [-0.25, -0.2) is 9.48 Å². The number of urea groups is 1. The second-order valence-corrected chi connectivity index (χ2v) is 12.3. The van der Waals surface area contributed by atoms with E-state index in [1.54, 1.807) is 4.68 Å². The summed E-state index contributed by atoms with van der Waals surface area (Å²) in [6.07, 6.45) is 2.34. The van der Waals surface area contributed by atoms with Gasteiger partial charge >= 0.3 is 6.03 Å². The summed E-state index contributed by atoms with van der Waals surface area (Å²) in [7, 11) is 0. The van der Waals surface area contributed by atoms with Crippen molar-refractivity contribution in [2.24, 2.45) is 0 Å². The number of pyridine rings is 1. The number of rotatable bonds is 6. The molecule has 0 aliphatic heterocycles. The Kier molecular flexibility index (Phi) is 6.96. The summed E-state index contributed by atoms with van der Waals surface area (Å²) < 4.78 is 10.3. The van der Waals surface area contributed by atoms with Gasteiger partial charge in [0.2, 0.25) is 0 Å². The van der Waals surface area contributed by atoms with Crippen LogP contribution in [-0.2, 0) is 5.41 Å². The average Bonchev–Trinajstić information content (AvgIpc) is 3.65. The predicted molar refractivity (Wildman–Crippen MR) is 163 cm³/mol. The summed E-state index contributed by atoms with van der Waals surface area (Å²) in [5.41, 5.74) is 5.66. The molecule has 0 saturated carbocycles. The number of ether oxygens (including phenoxy) is 1. The maximum Gasteiger partial charge on any atom is 0.320 e. The number of fused-ring (bicyclic) bond motifs is 2. The molecule has 42 heavy (non-hydrogen) atoms. The maximum atomic E-state index is 13.4. The Balaban J connectivity index is 1.22. The molecule has 3 aromatic heterocycles. The zero-order chi connectivity index (χ0) is 29.6. The minimum atomic E-state index is -0.295. The van der Waals surface area contributed by atoms with Crippen LogP contribution >= 0.6 is 0 Å². The Morgan fingerprint density at radius 1 is 1.00 bits per heavy atom. The summed E-state index contributed by atoms with van der Waals surface area (Å²) in [6.45, 7) is 12.6. The third-order valence-electron chi connectivity index (χ3n) is 7.67. The smallest absolute Gasteiger partial charge is 0.320 e. The molecule has 2 N–H and O–H groups in total. The van der Waals surface area contributed by atoms with Crippen molar-refractivity contribution < 1.29 is 9.53 Å². The highest BCUT2D eigenvalue weighted by Gasteiger charge is 2.33. The second kappa shape index (κ2) is 10.6. The van der Waals surface area contributed by atoms with Crippen molar-refractivity contribution in [2.75, 3.05) is 5.32 Å². The van der Waals surface area contributed by atoms with E-state index in [1.807, 2.05) is 72.1 Å². The largest absolute Gasteiger partial charge is 0.484 e. The summed E-state index contributed by atoms with van der Waals surface area (Å²) in [5.74, 6) is 2.46. The third kappa shape index (κ3) is 5.34. The van der Waals surface area contributed by atoms with Gasteiger partial charge < -0.3 is 10.1 Å². The van der Waals surface area contributed by atoms with Crippen molar-refractivity contribution in [3.8, 4) is 11.4 Å². The van der Waals surface area contributed by atoms with Gasteiger partial charge in [-0.1, -0.05) is 76.6 Å². The molecular weight excluding hydrogens is 526 g/mol. The molecule has 6 rings (SSSR count). The van der Waals surface area contributed by atoms with Gasteiger partial charge in [-0.15, -0.1) is 10.2 Å². The van der Waals surface area contributed by atoms with E-state index in [4.69, 9.17) is 9.84 Å². The molecule has 216 valence electrons. The Hall–Kier alpha value is -4.66. The predicted octanol–water partition coefficient (Wildman–Crippen LogP) is 7.03. The van der Waals surface area contributed by atoms with E-state index in [2.05, 4.69) is 67.6 Å². The second-order valence-electron chi connectivity index (χ2n) is 12.3. The van der Waals surface area contributed by atoms with Gasteiger partial charge in [0, 0.05) is 23.8 Å². The van der Waals surface area contributed by atoms with Crippen LogP contribution in [0.4, 0.5) is 10.6 Å². The fraction of sp³-hybridized carbons (Fsp3) is 0.333. The monoisotopic (exact) mass is 563 g/mol. The molecule has 0 bridgehead atoms. The van der Waals surface area contributed by atoms with Gasteiger partial charge in [-0.2, -0.15) is 5.10 Å². The average molecular weight is 564 g/mol. The van der Waals surface area contributed by atoms with E-state index in [9.17, 15) is 4.79 Å². The molecule has 0 radical (unpaired) electrons. The number of hydrogen-bond donors (Lipinski definition) is 2. The van der Waals surface area contributed by atoms with E-state index in [0.29, 0.717) is 12.2 Å². The molecule has 1 aliphatic rings. The summed E-state index contributed by atoms with van der Waals surface area (Å²) >= 11 is 0. The van der Waals surface area contributed by atoms with E-state index < -0.39 is 0 Å². The summed E-state index contributed by atoms with van der Waals surface area (Å²) in [4.78, 5) is 13.4. The molecule has 0 saturated heterocycles. The van der Waals surface area contributed by atoms with Crippen LogP contribution in [-0.4, -0.2) is 30.4 Å². The van der Waals surface area contributed by atoms with Crippen LogP contribution in [0.25, 0.3) is 11.3 Å².